The predicted octanol–water partition coefficient (Wildman–Crippen LogP) is 2.14. The van der Waals surface area contributed by atoms with Gasteiger partial charge in [0.25, 0.3) is 0 Å². The largest absolute Gasteiger partial charge is 0.286 e. The summed E-state index contributed by atoms with van der Waals surface area (Å²) in [5.41, 5.74) is 2.16. The van der Waals surface area contributed by atoms with Gasteiger partial charge < -0.3 is 0 Å². The minimum atomic E-state index is -0.0353. The summed E-state index contributed by atoms with van der Waals surface area (Å²) in [5, 5.41) is 2.65. The van der Waals surface area contributed by atoms with Gasteiger partial charge in [-0.1, -0.05) is 0 Å². The summed E-state index contributed by atoms with van der Waals surface area (Å²) in [7, 11) is 0. The van der Waals surface area contributed by atoms with Gasteiger partial charge >= 0.3 is 0 Å². The lowest BCUT2D eigenvalue weighted by molar-refractivity contribution is 0.103. The van der Waals surface area contributed by atoms with Crippen LogP contribution in [0.4, 0.5) is 0 Å². The molecule has 66 valence electrons. The maximum absolute atomic E-state index is 11.6. The molecule has 5 heteroatoms. The highest BCUT2D eigenvalue weighted by molar-refractivity contribution is 7.14. The van der Waals surface area contributed by atoms with Crippen molar-refractivity contribution in [3.63, 3.8) is 0 Å². The highest BCUT2D eigenvalue weighted by atomic mass is 32.1. The van der Waals surface area contributed by atoms with Crippen molar-refractivity contribution < 1.29 is 4.79 Å². The van der Waals surface area contributed by atoms with Gasteiger partial charge in [0, 0.05) is 11.6 Å². The van der Waals surface area contributed by atoms with Crippen molar-refractivity contribution in [3.8, 4) is 0 Å². The minimum absolute atomic E-state index is 0.0353. The number of aryl methyl sites for hydroxylation is 1. The van der Waals surface area contributed by atoms with E-state index < -0.39 is 0 Å². The molecule has 2 rings (SSSR count). The molecule has 0 amide bonds. The second kappa shape index (κ2) is 3.35. The first-order valence-electron chi connectivity index (χ1n) is 3.62. The van der Waals surface area contributed by atoms with Gasteiger partial charge in [-0.15, -0.1) is 22.7 Å². The first-order chi connectivity index (χ1) is 6.27. The summed E-state index contributed by atoms with van der Waals surface area (Å²) in [6.45, 7) is 1.88. The van der Waals surface area contributed by atoms with Crippen molar-refractivity contribution in [1.82, 2.24) is 9.97 Å². The number of carbonyl (C=O) groups is 1. The van der Waals surface area contributed by atoms with E-state index in [0.29, 0.717) is 10.6 Å². The molecular weight excluding hydrogens is 204 g/mol. The molecule has 2 heterocycles. The number of nitrogens with zero attached hydrogens (tertiary/aromatic N) is 2. The topological polar surface area (TPSA) is 42.9 Å². The molecule has 0 aliphatic heterocycles. The van der Waals surface area contributed by atoms with E-state index >= 15 is 0 Å². The van der Waals surface area contributed by atoms with Crippen LogP contribution in [0.2, 0.25) is 0 Å². The Morgan fingerprint density at radius 1 is 1.46 bits per heavy atom. The number of carbonyl (C=O) groups excluding carboxylic acids is 1. The number of ketones is 1. The number of hydrogen-bond acceptors (Lipinski definition) is 5. The Kier molecular flexibility index (Phi) is 2.20. The van der Waals surface area contributed by atoms with Crippen LogP contribution in [0.15, 0.2) is 17.1 Å². The zero-order chi connectivity index (χ0) is 9.26. The second-order valence-electron chi connectivity index (χ2n) is 2.45. The van der Waals surface area contributed by atoms with Gasteiger partial charge in [-0.3, -0.25) is 4.79 Å². The number of hydrogen-bond donors (Lipinski definition) is 0. The summed E-state index contributed by atoms with van der Waals surface area (Å²) in [4.78, 5) is 20.3. The van der Waals surface area contributed by atoms with Crippen molar-refractivity contribution in [1.29, 1.82) is 0 Å². The molecule has 0 saturated carbocycles. The highest BCUT2D eigenvalue weighted by Crippen LogP contribution is 2.16. The van der Waals surface area contributed by atoms with Crippen LogP contribution in [0.1, 0.15) is 20.4 Å². The molecule has 0 aromatic carbocycles. The van der Waals surface area contributed by atoms with Crippen LogP contribution in [0.5, 0.6) is 0 Å². The molecule has 0 N–H and O–H groups in total. The monoisotopic (exact) mass is 210 g/mol. The van der Waals surface area contributed by atoms with Gasteiger partial charge in [-0.25, -0.2) is 9.97 Å². The summed E-state index contributed by atoms with van der Waals surface area (Å²) >= 11 is 2.82. The van der Waals surface area contributed by atoms with Crippen molar-refractivity contribution in [2.45, 2.75) is 6.92 Å². The van der Waals surface area contributed by atoms with Crippen LogP contribution in [0.25, 0.3) is 0 Å². The molecule has 0 bridgehead atoms. The predicted molar refractivity (Wildman–Crippen MR) is 52.4 cm³/mol. The molecule has 3 nitrogen and oxygen atoms in total. The molecule has 2 aromatic rings. The van der Waals surface area contributed by atoms with Crippen LogP contribution in [-0.4, -0.2) is 15.8 Å². The Hall–Kier alpha value is -1.07. The number of thiazole rings is 2. The third-order valence-corrected chi connectivity index (χ3v) is 3.01. The lowest BCUT2D eigenvalue weighted by Gasteiger charge is -1.88. The van der Waals surface area contributed by atoms with E-state index in [1.54, 1.807) is 17.1 Å². The molecule has 13 heavy (non-hydrogen) atoms. The van der Waals surface area contributed by atoms with Crippen LogP contribution in [-0.2, 0) is 0 Å². The van der Waals surface area contributed by atoms with E-state index in [2.05, 4.69) is 9.97 Å². The molecule has 0 radical (unpaired) electrons. The number of aromatic nitrogens is 2. The molecule has 0 unspecified atom stereocenters. The quantitative estimate of drug-likeness (QED) is 0.713. The fraction of sp³-hybridized carbons (Fsp3) is 0.125. The van der Waals surface area contributed by atoms with Crippen molar-refractivity contribution in [2.75, 3.05) is 0 Å². The standard InChI is InChI=1S/C8H6N2OS2/c1-5-9-2-7(13-5)8(11)6-3-12-4-10-6/h2-4H,1H3. The Labute approximate surface area is 83.1 Å². The maximum atomic E-state index is 11.6. The molecule has 0 fully saturated rings. The summed E-state index contributed by atoms with van der Waals surface area (Å²) in [6.07, 6.45) is 1.60. The van der Waals surface area contributed by atoms with E-state index in [-0.39, 0.29) is 5.78 Å². The van der Waals surface area contributed by atoms with Crippen molar-refractivity contribution >= 4 is 28.5 Å². The Balaban J connectivity index is 2.33. The highest BCUT2D eigenvalue weighted by Gasteiger charge is 2.12. The molecule has 0 aliphatic rings. The van der Waals surface area contributed by atoms with E-state index in [1.807, 2.05) is 6.92 Å². The third kappa shape index (κ3) is 1.66. The molecular formula is C8H6N2OS2. The Morgan fingerprint density at radius 2 is 2.31 bits per heavy atom. The molecule has 0 spiro atoms. The van der Waals surface area contributed by atoms with Gasteiger partial charge in [0.1, 0.15) is 5.69 Å². The van der Waals surface area contributed by atoms with Crippen LogP contribution < -0.4 is 0 Å². The van der Waals surface area contributed by atoms with Gasteiger partial charge in [-0.2, -0.15) is 0 Å². The minimum Gasteiger partial charge on any atom is -0.286 e. The third-order valence-electron chi connectivity index (χ3n) is 1.51. The average molecular weight is 210 g/mol. The first-order valence-corrected chi connectivity index (χ1v) is 5.38. The van der Waals surface area contributed by atoms with Gasteiger partial charge in [0.05, 0.1) is 15.4 Å². The van der Waals surface area contributed by atoms with E-state index in [4.69, 9.17) is 0 Å². The van der Waals surface area contributed by atoms with Gasteiger partial charge in [0.2, 0.25) is 5.78 Å². The maximum Gasteiger partial charge on any atom is 0.223 e. The summed E-state index contributed by atoms with van der Waals surface area (Å²) < 4.78 is 0. The Morgan fingerprint density at radius 3 is 2.85 bits per heavy atom. The summed E-state index contributed by atoms with van der Waals surface area (Å²) in [5.74, 6) is -0.0353. The zero-order valence-corrected chi connectivity index (χ0v) is 8.48. The van der Waals surface area contributed by atoms with Crippen LogP contribution in [0.3, 0.4) is 0 Å². The normalized spacial score (nSPS) is 10.2. The van der Waals surface area contributed by atoms with E-state index in [0.717, 1.165) is 5.01 Å². The summed E-state index contributed by atoms with van der Waals surface area (Å²) in [6, 6.07) is 0. The fourth-order valence-corrected chi connectivity index (χ4v) is 2.18. The van der Waals surface area contributed by atoms with Gasteiger partial charge in [-0.05, 0) is 6.92 Å². The van der Waals surface area contributed by atoms with Gasteiger partial charge in [0.15, 0.2) is 0 Å². The smallest absolute Gasteiger partial charge is 0.223 e. The van der Waals surface area contributed by atoms with Crippen LogP contribution >= 0.6 is 22.7 Å². The molecule has 0 saturated heterocycles. The van der Waals surface area contributed by atoms with Crippen molar-refractivity contribution in [3.05, 3.63) is 32.7 Å². The van der Waals surface area contributed by atoms with Crippen molar-refractivity contribution in [2.24, 2.45) is 0 Å². The second-order valence-corrected chi connectivity index (χ2v) is 4.40. The average Bonchev–Trinajstić information content (AvgIpc) is 2.72. The van der Waals surface area contributed by atoms with E-state index in [9.17, 15) is 4.79 Å². The first kappa shape index (κ1) is 8.52. The SMILES string of the molecule is Cc1ncc(C(=O)c2cscn2)s1. The lowest BCUT2D eigenvalue weighted by atomic mass is 10.3. The zero-order valence-electron chi connectivity index (χ0n) is 6.85. The lowest BCUT2D eigenvalue weighted by Crippen LogP contribution is -1.97. The number of rotatable bonds is 2. The van der Waals surface area contributed by atoms with E-state index in [1.165, 1.54) is 22.7 Å². The Bertz CT molecular complexity index is 419. The fourth-order valence-electron chi connectivity index (χ4n) is 0.917. The molecule has 0 aliphatic carbocycles. The molecule has 2 aromatic heterocycles. The van der Waals surface area contributed by atoms with Crippen LogP contribution in [0, 0.1) is 6.92 Å². The molecule has 0 atom stereocenters.